The van der Waals surface area contributed by atoms with Crippen LogP contribution in [-0.4, -0.2) is 34.8 Å². The molecular formula is C16H18F3NO. The van der Waals surface area contributed by atoms with Crippen molar-refractivity contribution in [2.75, 3.05) is 6.54 Å². The Morgan fingerprint density at radius 3 is 2.67 bits per heavy atom. The summed E-state index contributed by atoms with van der Waals surface area (Å²) in [6.45, 7) is 0.373. The molecule has 2 aliphatic rings. The Hall–Kier alpha value is -1.33. The molecule has 0 radical (unpaired) electrons. The number of likely N-dealkylation sites (tertiary alicyclic amines) is 1. The zero-order valence-corrected chi connectivity index (χ0v) is 11.6. The Bertz CT molecular complexity index is 541. The van der Waals surface area contributed by atoms with Crippen LogP contribution in [-0.2, 0) is 0 Å². The highest BCUT2D eigenvalue weighted by Crippen LogP contribution is 2.38. The fourth-order valence-electron chi connectivity index (χ4n) is 3.38. The third-order valence-corrected chi connectivity index (χ3v) is 4.42. The molecule has 1 heterocycles. The standard InChI is InChI=1S/C16H18F3NO/c17-16(18,19)14-7-3-4-10-20(14)13-9-8-11-5-1-2-6-12(11)15(13)21/h1-2,5-6,8-9,13-15,21H,3-4,7,10H2/t13-,14?,15-/m1/s1. The summed E-state index contributed by atoms with van der Waals surface area (Å²) < 4.78 is 39.7. The molecule has 3 atom stereocenters. The van der Waals surface area contributed by atoms with Crippen molar-refractivity contribution in [2.45, 2.75) is 43.6 Å². The first-order valence-electron chi connectivity index (χ1n) is 7.26. The van der Waals surface area contributed by atoms with Gasteiger partial charge in [0.15, 0.2) is 0 Å². The number of hydrogen-bond donors (Lipinski definition) is 1. The molecule has 1 N–H and O–H groups in total. The number of benzene rings is 1. The lowest BCUT2D eigenvalue weighted by Gasteiger charge is -2.43. The molecule has 0 saturated carbocycles. The van der Waals surface area contributed by atoms with Gasteiger partial charge in [-0.05, 0) is 30.5 Å². The first-order valence-corrected chi connectivity index (χ1v) is 7.26. The van der Waals surface area contributed by atoms with Crippen molar-refractivity contribution >= 4 is 6.08 Å². The van der Waals surface area contributed by atoms with Gasteiger partial charge < -0.3 is 5.11 Å². The Labute approximate surface area is 121 Å². The fourth-order valence-corrected chi connectivity index (χ4v) is 3.38. The predicted octanol–water partition coefficient (Wildman–Crippen LogP) is 3.53. The number of hydrogen-bond acceptors (Lipinski definition) is 2. The zero-order valence-electron chi connectivity index (χ0n) is 11.6. The maximum absolute atomic E-state index is 13.2. The van der Waals surface area contributed by atoms with Crippen molar-refractivity contribution in [2.24, 2.45) is 0 Å². The van der Waals surface area contributed by atoms with E-state index in [-0.39, 0.29) is 6.42 Å². The van der Waals surface area contributed by atoms with E-state index in [4.69, 9.17) is 0 Å². The second-order valence-electron chi connectivity index (χ2n) is 5.71. The summed E-state index contributed by atoms with van der Waals surface area (Å²) in [5.74, 6) is 0. The molecule has 0 spiro atoms. The number of alkyl halides is 3. The Morgan fingerprint density at radius 1 is 1.14 bits per heavy atom. The molecule has 1 unspecified atom stereocenters. The minimum Gasteiger partial charge on any atom is -0.386 e. The maximum atomic E-state index is 13.2. The van der Waals surface area contributed by atoms with Crippen LogP contribution in [0.15, 0.2) is 30.3 Å². The number of fused-ring (bicyclic) bond motifs is 1. The Kier molecular flexibility index (Phi) is 3.80. The zero-order chi connectivity index (χ0) is 15.0. The number of piperidine rings is 1. The first kappa shape index (κ1) is 14.6. The lowest BCUT2D eigenvalue weighted by Crippen LogP contribution is -2.54. The Morgan fingerprint density at radius 2 is 1.90 bits per heavy atom. The smallest absolute Gasteiger partial charge is 0.386 e. The van der Waals surface area contributed by atoms with Gasteiger partial charge in [-0.1, -0.05) is 42.8 Å². The van der Waals surface area contributed by atoms with Crippen LogP contribution in [0.3, 0.4) is 0 Å². The van der Waals surface area contributed by atoms with Crippen molar-refractivity contribution < 1.29 is 18.3 Å². The van der Waals surface area contributed by atoms with Gasteiger partial charge in [0, 0.05) is 0 Å². The monoisotopic (exact) mass is 297 g/mol. The third-order valence-electron chi connectivity index (χ3n) is 4.42. The molecule has 5 heteroatoms. The van der Waals surface area contributed by atoms with E-state index < -0.39 is 24.4 Å². The van der Waals surface area contributed by atoms with Crippen molar-refractivity contribution in [3.63, 3.8) is 0 Å². The molecule has 1 saturated heterocycles. The molecule has 1 aliphatic heterocycles. The van der Waals surface area contributed by atoms with Gasteiger partial charge in [-0.25, -0.2) is 0 Å². The van der Waals surface area contributed by atoms with Gasteiger partial charge in [0.1, 0.15) is 6.04 Å². The number of aliphatic hydroxyl groups excluding tert-OH is 1. The topological polar surface area (TPSA) is 23.5 Å². The number of halogens is 3. The van der Waals surface area contributed by atoms with E-state index in [9.17, 15) is 18.3 Å². The molecule has 3 rings (SSSR count). The minimum atomic E-state index is -4.25. The van der Waals surface area contributed by atoms with E-state index in [0.717, 1.165) is 12.0 Å². The molecular weight excluding hydrogens is 279 g/mol. The van der Waals surface area contributed by atoms with Gasteiger partial charge >= 0.3 is 6.18 Å². The van der Waals surface area contributed by atoms with E-state index in [1.165, 1.54) is 4.90 Å². The first-order chi connectivity index (χ1) is 9.98. The molecule has 1 aromatic carbocycles. The van der Waals surface area contributed by atoms with Crippen LogP contribution in [0.4, 0.5) is 13.2 Å². The molecule has 0 amide bonds. The van der Waals surface area contributed by atoms with E-state index in [2.05, 4.69) is 0 Å². The lowest BCUT2D eigenvalue weighted by molar-refractivity contribution is -0.199. The normalized spacial score (nSPS) is 30.2. The van der Waals surface area contributed by atoms with Crippen LogP contribution in [0.1, 0.15) is 36.5 Å². The summed E-state index contributed by atoms with van der Waals surface area (Å²) in [5, 5.41) is 10.5. The van der Waals surface area contributed by atoms with Crippen LogP contribution in [0, 0.1) is 0 Å². The summed E-state index contributed by atoms with van der Waals surface area (Å²) in [5.41, 5.74) is 1.58. The fraction of sp³-hybridized carbons (Fsp3) is 0.500. The van der Waals surface area contributed by atoms with Crippen LogP contribution in [0.5, 0.6) is 0 Å². The quantitative estimate of drug-likeness (QED) is 0.857. The third kappa shape index (κ3) is 2.72. The highest BCUT2D eigenvalue weighted by molar-refractivity contribution is 5.58. The second kappa shape index (κ2) is 5.46. The van der Waals surface area contributed by atoms with Crippen LogP contribution < -0.4 is 0 Å². The van der Waals surface area contributed by atoms with Crippen molar-refractivity contribution in [3.05, 3.63) is 41.5 Å². The van der Waals surface area contributed by atoms with Gasteiger partial charge in [-0.3, -0.25) is 4.90 Å². The number of nitrogens with zero attached hydrogens (tertiary/aromatic N) is 1. The number of aliphatic hydroxyl groups is 1. The van der Waals surface area contributed by atoms with Crippen LogP contribution in [0.25, 0.3) is 6.08 Å². The SMILES string of the molecule is O[C@@H]1c2ccccc2C=C[C@H]1N1CCCCC1C(F)(F)F. The molecule has 0 bridgehead atoms. The highest BCUT2D eigenvalue weighted by Gasteiger charge is 2.47. The summed E-state index contributed by atoms with van der Waals surface area (Å²) in [7, 11) is 0. The molecule has 2 nitrogen and oxygen atoms in total. The maximum Gasteiger partial charge on any atom is 0.404 e. The number of rotatable bonds is 1. The summed E-state index contributed by atoms with van der Waals surface area (Å²) in [6.07, 6.45) is -0.192. The van der Waals surface area contributed by atoms with E-state index in [1.54, 1.807) is 18.2 Å². The molecule has 0 aromatic heterocycles. The van der Waals surface area contributed by atoms with E-state index in [1.807, 2.05) is 18.2 Å². The van der Waals surface area contributed by atoms with Gasteiger partial charge in [-0.15, -0.1) is 0 Å². The molecule has 114 valence electrons. The Balaban J connectivity index is 1.90. The van der Waals surface area contributed by atoms with Crippen LogP contribution >= 0.6 is 0 Å². The molecule has 1 aromatic rings. The van der Waals surface area contributed by atoms with Gasteiger partial charge in [0.25, 0.3) is 0 Å². The lowest BCUT2D eigenvalue weighted by atomic mass is 9.88. The van der Waals surface area contributed by atoms with Crippen molar-refractivity contribution in [1.82, 2.24) is 4.90 Å². The summed E-state index contributed by atoms with van der Waals surface area (Å²) in [6, 6.07) is 5.24. The molecule has 1 aliphatic carbocycles. The molecule has 21 heavy (non-hydrogen) atoms. The van der Waals surface area contributed by atoms with Crippen molar-refractivity contribution in [1.29, 1.82) is 0 Å². The summed E-state index contributed by atoms with van der Waals surface area (Å²) in [4.78, 5) is 1.42. The molecule has 1 fully saturated rings. The largest absolute Gasteiger partial charge is 0.404 e. The van der Waals surface area contributed by atoms with E-state index in [0.29, 0.717) is 18.5 Å². The van der Waals surface area contributed by atoms with Gasteiger partial charge in [0.2, 0.25) is 0 Å². The highest BCUT2D eigenvalue weighted by atomic mass is 19.4. The van der Waals surface area contributed by atoms with Crippen LogP contribution in [0.2, 0.25) is 0 Å². The van der Waals surface area contributed by atoms with Crippen molar-refractivity contribution in [3.8, 4) is 0 Å². The predicted molar refractivity (Wildman–Crippen MR) is 74.6 cm³/mol. The average molecular weight is 297 g/mol. The summed E-state index contributed by atoms with van der Waals surface area (Å²) >= 11 is 0. The van der Waals surface area contributed by atoms with Gasteiger partial charge in [0.05, 0.1) is 12.1 Å². The van der Waals surface area contributed by atoms with Gasteiger partial charge in [-0.2, -0.15) is 13.2 Å². The minimum absolute atomic E-state index is 0.113. The van der Waals surface area contributed by atoms with E-state index >= 15 is 0 Å². The average Bonchev–Trinajstić information content (AvgIpc) is 2.47. The second-order valence-corrected chi connectivity index (χ2v) is 5.71.